The van der Waals surface area contributed by atoms with E-state index in [1.807, 2.05) is 0 Å². The second-order valence-electron chi connectivity index (χ2n) is 7.19. The van der Waals surface area contributed by atoms with Gasteiger partial charge in [0.25, 0.3) is 11.6 Å². The molecule has 0 unspecified atom stereocenters. The van der Waals surface area contributed by atoms with Crippen molar-refractivity contribution >= 4 is 17.3 Å². The van der Waals surface area contributed by atoms with Crippen molar-refractivity contribution < 1.29 is 32.7 Å². The second-order valence-corrected chi connectivity index (χ2v) is 7.19. The van der Waals surface area contributed by atoms with Gasteiger partial charge in [-0.15, -0.1) is 0 Å². The van der Waals surface area contributed by atoms with Gasteiger partial charge in [0.15, 0.2) is 17.3 Å². The van der Waals surface area contributed by atoms with Crippen LogP contribution in [0.4, 0.5) is 15.8 Å². The van der Waals surface area contributed by atoms with Gasteiger partial charge in [-0.3, -0.25) is 14.9 Å². The van der Waals surface area contributed by atoms with Crippen LogP contribution in [0.5, 0.6) is 23.0 Å². The van der Waals surface area contributed by atoms with Gasteiger partial charge in [0, 0.05) is 12.1 Å². The number of hydrogen-bond acceptors (Lipinski definition) is 7. The zero-order valence-electron chi connectivity index (χ0n) is 18.4. The first-order valence-electron chi connectivity index (χ1n) is 10.3. The van der Waals surface area contributed by atoms with Gasteiger partial charge < -0.3 is 23.9 Å². The molecule has 35 heavy (non-hydrogen) atoms. The zero-order chi connectivity index (χ0) is 24.8. The number of rotatable bonds is 9. The molecule has 3 aromatic carbocycles. The number of halogens is 1. The molecule has 0 saturated carbocycles. The number of anilines is 1. The molecule has 4 rings (SSSR count). The lowest BCUT2D eigenvalue weighted by atomic mass is 10.2. The minimum Gasteiger partial charge on any atom is -0.493 e. The van der Waals surface area contributed by atoms with Crippen LogP contribution in [0.3, 0.4) is 0 Å². The van der Waals surface area contributed by atoms with E-state index < -0.39 is 10.8 Å². The Bertz CT molecular complexity index is 1350. The largest absolute Gasteiger partial charge is 0.493 e. The molecule has 10 heteroatoms. The Kier molecular flexibility index (Phi) is 6.91. The molecular weight excluding hydrogens is 459 g/mol. The molecule has 1 heterocycles. The van der Waals surface area contributed by atoms with E-state index in [9.17, 15) is 19.3 Å². The number of nitro benzene ring substituents is 1. The molecule has 0 radical (unpaired) electrons. The van der Waals surface area contributed by atoms with Crippen molar-refractivity contribution in [2.75, 3.05) is 12.4 Å². The maximum Gasteiger partial charge on any atom is 0.291 e. The second kappa shape index (κ2) is 10.4. The molecule has 0 aliphatic carbocycles. The molecule has 4 aromatic rings. The molecule has 1 aromatic heterocycles. The molecule has 1 N–H and O–H groups in total. The van der Waals surface area contributed by atoms with Crippen LogP contribution < -0.4 is 19.5 Å². The van der Waals surface area contributed by atoms with Gasteiger partial charge in [-0.05, 0) is 48.5 Å². The first-order valence-corrected chi connectivity index (χ1v) is 10.3. The summed E-state index contributed by atoms with van der Waals surface area (Å²) in [6.07, 6.45) is 0. The number of ether oxygens (including phenoxy) is 3. The minimum atomic E-state index is -0.623. The lowest BCUT2D eigenvalue weighted by Gasteiger charge is -2.11. The van der Waals surface area contributed by atoms with E-state index >= 15 is 0 Å². The summed E-state index contributed by atoms with van der Waals surface area (Å²) in [4.78, 5) is 23.5. The highest BCUT2D eigenvalue weighted by Gasteiger charge is 2.17. The SMILES string of the molecule is COc1ccccc1Oc1cc(NC(=O)c2ccc(COc3ccc(F)cc3)o2)cc([N+](=O)[O-])c1. The van der Waals surface area contributed by atoms with Crippen molar-refractivity contribution in [2.45, 2.75) is 6.61 Å². The van der Waals surface area contributed by atoms with Crippen molar-refractivity contribution in [2.24, 2.45) is 0 Å². The van der Waals surface area contributed by atoms with Crippen molar-refractivity contribution in [3.8, 4) is 23.0 Å². The molecule has 0 spiro atoms. The average molecular weight is 478 g/mol. The lowest BCUT2D eigenvalue weighted by molar-refractivity contribution is -0.384. The quantitative estimate of drug-likeness (QED) is 0.233. The summed E-state index contributed by atoms with van der Waals surface area (Å²) in [5.74, 6) is 0.689. The van der Waals surface area contributed by atoms with Gasteiger partial charge in [0.2, 0.25) is 0 Å². The summed E-state index contributed by atoms with van der Waals surface area (Å²) >= 11 is 0. The van der Waals surface area contributed by atoms with Crippen LogP contribution in [0.15, 0.2) is 83.3 Å². The van der Waals surface area contributed by atoms with Gasteiger partial charge in [-0.2, -0.15) is 0 Å². The number of methoxy groups -OCH3 is 1. The number of nitro groups is 1. The van der Waals surface area contributed by atoms with Crippen LogP contribution in [0, 0.1) is 15.9 Å². The van der Waals surface area contributed by atoms with Gasteiger partial charge >= 0.3 is 0 Å². The fourth-order valence-corrected chi connectivity index (χ4v) is 3.11. The van der Waals surface area contributed by atoms with Crippen molar-refractivity contribution in [1.29, 1.82) is 0 Å². The molecule has 0 atom stereocenters. The number of nitrogens with one attached hydrogen (secondary N) is 1. The molecule has 0 aliphatic rings. The van der Waals surface area contributed by atoms with E-state index in [1.54, 1.807) is 30.3 Å². The van der Waals surface area contributed by atoms with E-state index in [4.69, 9.17) is 18.6 Å². The number of benzene rings is 3. The van der Waals surface area contributed by atoms with E-state index in [2.05, 4.69) is 5.32 Å². The molecule has 178 valence electrons. The van der Waals surface area contributed by atoms with Crippen LogP contribution in [-0.4, -0.2) is 17.9 Å². The first-order chi connectivity index (χ1) is 16.9. The van der Waals surface area contributed by atoms with Gasteiger partial charge in [0.1, 0.15) is 29.7 Å². The van der Waals surface area contributed by atoms with Crippen molar-refractivity contribution in [3.63, 3.8) is 0 Å². The molecule has 9 nitrogen and oxygen atoms in total. The average Bonchev–Trinajstić information content (AvgIpc) is 3.33. The number of furan rings is 1. The number of carbonyl (C=O) groups excluding carboxylic acids is 1. The number of hydrogen-bond donors (Lipinski definition) is 1. The highest BCUT2D eigenvalue weighted by Crippen LogP contribution is 2.34. The van der Waals surface area contributed by atoms with Crippen LogP contribution in [0.25, 0.3) is 0 Å². The first kappa shape index (κ1) is 23.3. The lowest BCUT2D eigenvalue weighted by Crippen LogP contribution is -2.11. The monoisotopic (exact) mass is 478 g/mol. The highest BCUT2D eigenvalue weighted by atomic mass is 19.1. The maximum absolute atomic E-state index is 13.0. The Balaban J connectivity index is 1.47. The van der Waals surface area contributed by atoms with E-state index in [0.29, 0.717) is 23.0 Å². The summed E-state index contributed by atoms with van der Waals surface area (Å²) in [5, 5.41) is 14.0. The smallest absolute Gasteiger partial charge is 0.291 e. The fraction of sp³-hybridized carbons (Fsp3) is 0.0800. The summed E-state index contributed by atoms with van der Waals surface area (Å²) in [6, 6.07) is 19.2. The fourth-order valence-electron chi connectivity index (χ4n) is 3.11. The normalized spacial score (nSPS) is 10.5. The molecule has 0 saturated heterocycles. The van der Waals surface area contributed by atoms with Gasteiger partial charge in [-0.25, -0.2) is 4.39 Å². The predicted octanol–water partition coefficient (Wildman–Crippen LogP) is 5.96. The number of carbonyl (C=O) groups is 1. The van der Waals surface area contributed by atoms with Gasteiger partial charge in [0.05, 0.1) is 23.8 Å². The summed E-state index contributed by atoms with van der Waals surface area (Å²) in [7, 11) is 1.48. The Morgan fingerprint density at radius 1 is 1.00 bits per heavy atom. The van der Waals surface area contributed by atoms with Crippen LogP contribution >= 0.6 is 0 Å². The highest BCUT2D eigenvalue weighted by molar-refractivity contribution is 6.02. The topological polar surface area (TPSA) is 113 Å². The minimum absolute atomic E-state index is 0.0205. The molecule has 0 aliphatic heterocycles. The number of amides is 1. The van der Waals surface area contributed by atoms with E-state index in [1.165, 1.54) is 55.6 Å². The predicted molar refractivity (Wildman–Crippen MR) is 124 cm³/mol. The Morgan fingerprint density at radius 3 is 2.46 bits per heavy atom. The van der Waals surface area contributed by atoms with Crippen molar-refractivity contribution in [1.82, 2.24) is 0 Å². The molecule has 0 bridgehead atoms. The van der Waals surface area contributed by atoms with Crippen LogP contribution in [0.1, 0.15) is 16.3 Å². The summed E-state index contributed by atoms with van der Waals surface area (Å²) in [5.41, 5.74) is -0.143. The summed E-state index contributed by atoms with van der Waals surface area (Å²) < 4.78 is 35.0. The Labute approximate surface area is 198 Å². The molecule has 1 amide bonds. The maximum atomic E-state index is 13.0. The van der Waals surface area contributed by atoms with E-state index in [0.717, 1.165) is 0 Å². The summed E-state index contributed by atoms with van der Waals surface area (Å²) in [6.45, 7) is 0.0205. The third kappa shape index (κ3) is 5.93. The Morgan fingerprint density at radius 2 is 1.74 bits per heavy atom. The number of nitrogens with zero attached hydrogens (tertiary/aromatic N) is 1. The molecule has 0 fully saturated rings. The van der Waals surface area contributed by atoms with Crippen molar-refractivity contribution in [3.05, 3.63) is 106 Å². The van der Waals surface area contributed by atoms with Gasteiger partial charge in [-0.1, -0.05) is 12.1 Å². The number of non-ortho nitro benzene ring substituents is 1. The standard InChI is InChI=1S/C25H19FN2O7/c1-32-22-4-2-3-5-23(22)35-21-13-17(12-18(14-21)28(30)31)27-25(29)24-11-10-20(34-24)15-33-19-8-6-16(26)7-9-19/h2-14H,15H2,1H3,(H,27,29). The third-order valence-corrected chi connectivity index (χ3v) is 4.74. The Hall–Kier alpha value is -4.86. The van der Waals surface area contributed by atoms with Crippen LogP contribution in [-0.2, 0) is 6.61 Å². The van der Waals surface area contributed by atoms with E-state index in [-0.39, 0.29) is 35.3 Å². The molecular formula is C25H19FN2O7. The number of para-hydroxylation sites is 2. The third-order valence-electron chi connectivity index (χ3n) is 4.74. The zero-order valence-corrected chi connectivity index (χ0v) is 18.4. The van der Waals surface area contributed by atoms with Crippen LogP contribution in [0.2, 0.25) is 0 Å².